The normalized spacial score (nSPS) is 50.3. The van der Waals surface area contributed by atoms with Crippen molar-refractivity contribution in [2.45, 2.75) is 52.1 Å². The summed E-state index contributed by atoms with van der Waals surface area (Å²) in [6.07, 6.45) is 10.5. The molecule has 0 bridgehead atoms. The van der Waals surface area contributed by atoms with Crippen LogP contribution in [0.15, 0.2) is 35.3 Å². The van der Waals surface area contributed by atoms with E-state index in [-0.39, 0.29) is 16.7 Å². The predicted octanol–water partition coefficient (Wildman–Crippen LogP) is 3.84. The van der Waals surface area contributed by atoms with Gasteiger partial charge in [0, 0.05) is 22.9 Å². The van der Waals surface area contributed by atoms with Crippen LogP contribution in [-0.2, 0) is 0 Å². The molecule has 0 radical (unpaired) electrons. The van der Waals surface area contributed by atoms with Crippen LogP contribution in [0.5, 0.6) is 0 Å². The fraction of sp³-hybridized carbons (Fsp3) is 0.684. The monoisotopic (exact) mass is 303 g/mol. The Labute approximate surface area is 132 Å². The molecule has 2 nitrogen and oxygen atoms in total. The van der Waals surface area contributed by atoms with Crippen LogP contribution < -0.4 is 5.73 Å². The van der Waals surface area contributed by atoms with Crippen molar-refractivity contribution in [2.75, 3.05) is 0 Å². The number of rotatable bonds is 0. The Bertz CT molecular complexity index is 607. The van der Waals surface area contributed by atoms with Crippen molar-refractivity contribution in [3.63, 3.8) is 0 Å². The van der Waals surface area contributed by atoms with E-state index in [2.05, 4.69) is 19.9 Å². The molecule has 3 heteroatoms. The molecule has 1 unspecified atom stereocenters. The molecule has 0 saturated heterocycles. The lowest BCUT2D eigenvalue weighted by atomic mass is 9.48. The maximum Gasteiger partial charge on any atom is 0.119 e. The number of nitrogens with two attached hydrogens (primary N) is 1. The average molecular weight is 303 g/mol. The fourth-order valence-corrected chi connectivity index (χ4v) is 5.96. The first-order valence-corrected chi connectivity index (χ1v) is 8.59. The molecule has 0 aromatic carbocycles. The Kier molecular flexibility index (Phi) is 2.95. The van der Waals surface area contributed by atoms with E-state index in [1.807, 2.05) is 12.2 Å². The van der Waals surface area contributed by atoms with Gasteiger partial charge >= 0.3 is 0 Å². The van der Waals surface area contributed by atoms with E-state index in [1.165, 1.54) is 5.57 Å². The lowest BCUT2D eigenvalue weighted by Crippen LogP contribution is -2.49. The SMILES string of the molecule is C[C@]12C=CC(O)C=C1CC[C@@H]1[C@H]2CC[C@]2(C)C(N)=C(F)C[C@@H]12. The van der Waals surface area contributed by atoms with Crippen molar-refractivity contribution in [3.05, 3.63) is 35.3 Å². The van der Waals surface area contributed by atoms with Crippen LogP contribution in [0.1, 0.15) is 46.0 Å². The summed E-state index contributed by atoms with van der Waals surface area (Å²) in [5.74, 6) is 1.37. The van der Waals surface area contributed by atoms with Crippen LogP contribution in [0.25, 0.3) is 0 Å². The van der Waals surface area contributed by atoms with Gasteiger partial charge in [-0.05, 0) is 43.4 Å². The molecule has 0 heterocycles. The van der Waals surface area contributed by atoms with Gasteiger partial charge in [-0.25, -0.2) is 4.39 Å². The number of hydrogen-bond acceptors (Lipinski definition) is 2. The highest BCUT2D eigenvalue weighted by molar-refractivity contribution is 5.35. The summed E-state index contributed by atoms with van der Waals surface area (Å²) < 4.78 is 14.2. The van der Waals surface area contributed by atoms with Gasteiger partial charge in [-0.1, -0.05) is 37.6 Å². The minimum Gasteiger partial charge on any atom is -0.400 e. The molecular weight excluding hydrogens is 277 g/mol. The number of halogens is 1. The molecule has 0 spiro atoms. The van der Waals surface area contributed by atoms with Crippen LogP contribution in [0.4, 0.5) is 4.39 Å². The van der Waals surface area contributed by atoms with Crippen molar-refractivity contribution in [1.82, 2.24) is 0 Å². The van der Waals surface area contributed by atoms with Crippen molar-refractivity contribution in [3.8, 4) is 0 Å². The van der Waals surface area contributed by atoms with Crippen molar-refractivity contribution < 1.29 is 9.50 Å². The van der Waals surface area contributed by atoms with E-state index in [0.717, 1.165) is 25.7 Å². The number of aliphatic hydroxyl groups excluding tert-OH is 1. The van der Waals surface area contributed by atoms with Gasteiger partial charge in [-0.15, -0.1) is 0 Å². The van der Waals surface area contributed by atoms with E-state index in [0.29, 0.717) is 29.9 Å². The highest BCUT2D eigenvalue weighted by Crippen LogP contribution is 2.65. The molecule has 0 aromatic rings. The third-order valence-corrected chi connectivity index (χ3v) is 7.35. The Morgan fingerprint density at radius 3 is 2.82 bits per heavy atom. The van der Waals surface area contributed by atoms with Crippen molar-refractivity contribution in [1.29, 1.82) is 0 Å². The van der Waals surface area contributed by atoms with Gasteiger partial charge in [0.1, 0.15) is 5.83 Å². The first-order chi connectivity index (χ1) is 10.4. The van der Waals surface area contributed by atoms with Gasteiger partial charge < -0.3 is 10.8 Å². The highest BCUT2D eigenvalue weighted by Gasteiger charge is 2.57. The van der Waals surface area contributed by atoms with Crippen LogP contribution in [0.3, 0.4) is 0 Å². The standard InChI is InChI=1S/C19H26FNO/c1-18-7-5-12(22)9-11(18)3-4-13-14(18)6-8-19(2)15(13)10-16(20)17(19)21/h5,7,9,12-15,22H,3-4,6,8,10,21H2,1-2H3/t12?,13-,14-,15+,18+,19+/m1/s1. The largest absolute Gasteiger partial charge is 0.400 e. The zero-order chi connectivity index (χ0) is 15.7. The molecule has 2 saturated carbocycles. The Balaban J connectivity index is 1.70. The van der Waals surface area contributed by atoms with Gasteiger partial charge in [0.05, 0.1) is 6.10 Å². The summed E-state index contributed by atoms with van der Waals surface area (Å²) in [4.78, 5) is 0. The van der Waals surface area contributed by atoms with Crippen LogP contribution in [0.2, 0.25) is 0 Å². The first-order valence-electron chi connectivity index (χ1n) is 8.59. The molecule has 6 atom stereocenters. The zero-order valence-electron chi connectivity index (χ0n) is 13.5. The molecule has 2 fully saturated rings. The lowest BCUT2D eigenvalue weighted by Gasteiger charge is -2.56. The summed E-state index contributed by atoms with van der Waals surface area (Å²) in [5.41, 5.74) is 7.93. The third kappa shape index (κ3) is 1.69. The van der Waals surface area contributed by atoms with Gasteiger partial charge in [0.15, 0.2) is 0 Å². The lowest BCUT2D eigenvalue weighted by molar-refractivity contribution is -0.00830. The topological polar surface area (TPSA) is 46.2 Å². The van der Waals surface area contributed by atoms with E-state index in [9.17, 15) is 9.50 Å². The molecular formula is C19H26FNO. The molecule has 22 heavy (non-hydrogen) atoms. The van der Waals surface area contributed by atoms with Crippen molar-refractivity contribution in [2.24, 2.45) is 34.3 Å². The summed E-state index contributed by atoms with van der Waals surface area (Å²) in [5, 5.41) is 9.88. The smallest absolute Gasteiger partial charge is 0.119 e. The second-order valence-corrected chi connectivity index (χ2v) is 8.22. The maximum absolute atomic E-state index is 14.2. The molecule has 4 aliphatic rings. The Morgan fingerprint density at radius 2 is 2.05 bits per heavy atom. The summed E-state index contributed by atoms with van der Waals surface area (Å²) in [6, 6.07) is 0. The van der Waals surface area contributed by atoms with Crippen LogP contribution >= 0.6 is 0 Å². The van der Waals surface area contributed by atoms with Crippen LogP contribution in [-0.4, -0.2) is 11.2 Å². The first kappa shape index (κ1) is 14.5. The van der Waals surface area contributed by atoms with Crippen LogP contribution in [0, 0.1) is 28.6 Å². The highest BCUT2D eigenvalue weighted by atomic mass is 19.1. The summed E-state index contributed by atoms with van der Waals surface area (Å²) in [7, 11) is 0. The number of aliphatic hydroxyl groups is 1. The quantitative estimate of drug-likeness (QED) is 0.668. The number of hydrogen-bond donors (Lipinski definition) is 2. The molecule has 0 aliphatic heterocycles. The van der Waals surface area contributed by atoms with Crippen molar-refractivity contribution >= 4 is 0 Å². The van der Waals surface area contributed by atoms with E-state index >= 15 is 0 Å². The van der Waals surface area contributed by atoms with Gasteiger partial charge in [0.2, 0.25) is 0 Å². The summed E-state index contributed by atoms with van der Waals surface area (Å²) in [6.45, 7) is 4.48. The van der Waals surface area contributed by atoms with E-state index in [4.69, 9.17) is 5.73 Å². The number of fused-ring (bicyclic) bond motifs is 5. The summed E-state index contributed by atoms with van der Waals surface area (Å²) >= 11 is 0. The molecule has 0 aromatic heterocycles. The molecule has 4 aliphatic carbocycles. The predicted molar refractivity (Wildman–Crippen MR) is 85.3 cm³/mol. The average Bonchev–Trinajstić information content (AvgIpc) is 2.72. The minimum absolute atomic E-state index is 0.0390. The minimum atomic E-state index is -0.435. The van der Waals surface area contributed by atoms with Gasteiger partial charge in [-0.3, -0.25) is 0 Å². The Hall–Kier alpha value is -1.09. The maximum atomic E-state index is 14.2. The van der Waals surface area contributed by atoms with E-state index in [1.54, 1.807) is 0 Å². The van der Waals surface area contributed by atoms with Gasteiger partial charge in [0.25, 0.3) is 0 Å². The molecule has 3 N–H and O–H groups in total. The fourth-order valence-electron chi connectivity index (χ4n) is 5.96. The zero-order valence-corrected chi connectivity index (χ0v) is 13.5. The molecule has 4 rings (SSSR count). The van der Waals surface area contributed by atoms with Gasteiger partial charge in [-0.2, -0.15) is 0 Å². The third-order valence-electron chi connectivity index (χ3n) is 7.35. The molecule has 0 amide bonds. The number of allylic oxidation sites excluding steroid dienone is 4. The van der Waals surface area contributed by atoms with E-state index < -0.39 is 6.10 Å². The second kappa shape index (κ2) is 4.47. The molecule has 120 valence electrons. The second-order valence-electron chi connectivity index (χ2n) is 8.22. The Morgan fingerprint density at radius 1 is 1.27 bits per heavy atom.